The molecule has 1 aliphatic heterocycles. The van der Waals surface area contributed by atoms with Gasteiger partial charge in [-0.15, -0.1) is 0 Å². The van der Waals surface area contributed by atoms with E-state index in [0.29, 0.717) is 28.7 Å². The van der Waals surface area contributed by atoms with Crippen LogP contribution in [0.5, 0.6) is 5.75 Å². The van der Waals surface area contributed by atoms with Gasteiger partial charge in [-0.05, 0) is 66.9 Å². The van der Waals surface area contributed by atoms with Crippen molar-refractivity contribution in [1.82, 2.24) is 9.47 Å². The van der Waals surface area contributed by atoms with E-state index in [9.17, 15) is 26.3 Å². The molecule has 1 fully saturated rings. The largest absolute Gasteiger partial charge is 0.768 e. The lowest BCUT2D eigenvalue weighted by Crippen LogP contribution is -2.46. The third kappa shape index (κ3) is 6.59. The molecule has 12 heteroatoms. The summed E-state index contributed by atoms with van der Waals surface area (Å²) in [6.07, 6.45) is -5.00. The molecule has 204 valence electrons. The number of rotatable bonds is 7. The van der Waals surface area contributed by atoms with E-state index >= 15 is 0 Å². The van der Waals surface area contributed by atoms with Crippen LogP contribution < -0.4 is 15.4 Å². The summed E-state index contributed by atoms with van der Waals surface area (Å²) in [5.74, 6) is 5.92. The molecule has 1 unspecified atom stereocenters. The van der Waals surface area contributed by atoms with E-state index in [0.717, 1.165) is 11.1 Å². The molecule has 38 heavy (non-hydrogen) atoms. The van der Waals surface area contributed by atoms with Crippen LogP contribution in [0.3, 0.4) is 0 Å². The molecule has 1 aromatic heterocycles. The molecule has 2 heterocycles. The van der Waals surface area contributed by atoms with Gasteiger partial charge in [-0.25, -0.2) is 4.39 Å². The molecule has 7 nitrogen and oxygen atoms in total. The lowest BCUT2D eigenvalue weighted by molar-refractivity contribution is -0.140. The first kappa shape index (κ1) is 27.8. The zero-order valence-corrected chi connectivity index (χ0v) is 21.6. The van der Waals surface area contributed by atoms with E-state index in [2.05, 4.69) is 22.5 Å². The second kappa shape index (κ2) is 11.6. The highest BCUT2D eigenvalue weighted by Crippen LogP contribution is 2.32. The van der Waals surface area contributed by atoms with Crippen molar-refractivity contribution in [3.8, 4) is 17.6 Å². The predicted molar refractivity (Wildman–Crippen MR) is 138 cm³/mol. The van der Waals surface area contributed by atoms with Gasteiger partial charge >= 0.3 is 6.18 Å². The molecule has 1 aliphatic rings. The van der Waals surface area contributed by atoms with Crippen molar-refractivity contribution in [3.63, 3.8) is 0 Å². The first-order valence-electron chi connectivity index (χ1n) is 11.8. The van der Waals surface area contributed by atoms with Crippen LogP contribution in [0.4, 0.5) is 28.9 Å². The zero-order chi connectivity index (χ0) is 27.4. The molecule has 0 spiro atoms. The van der Waals surface area contributed by atoms with Gasteiger partial charge < -0.3 is 29.4 Å². The second-order valence-corrected chi connectivity index (χ2v) is 9.98. The molecule has 1 saturated heterocycles. The van der Waals surface area contributed by atoms with E-state index in [1.807, 2.05) is 11.9 Å². The molecule has 2 N–H and O–H groups in total. The van der Waals surface area contributed by atoms with E-state index in [4.69, 9.17) is 4.74 Å². The van der Waals surface area contributed by atoms with Gasteiger partial charge in [0.2, 0.25) is 0 Å². The number of hydrogen-bond donors (Lipinski definition) is 2. The summed E-state index contributed by atoms with van der Waals surface area (Å²) in [6.45, 7) is -0.156. The lowest BCUT2D eigenvalue weighted by atomic mass is 10.0. The highest BCUT2D eigenvalue weighted by molar-refractivity contribution is 7.79. The molecule has 3 aromatic rings. The molecule has 0 bridgehead atoms. The maximum Gasteiger partial charge on any atom is 0.406 e. The molecule has 2 aromatic carbocycles. The van der Waals surface area contributed by atoms with Crippen LogP contribution in [-0.2, 0) is 17.6 Å². The predicted octanol–water partition coefficient (Wildman–Crippen LogP) is 4.37. The highest BCUT2D eigenvalue weighted by Gasteiger charge is 2.31. The Morgan fingerprint density at radius 2 is 2.00 bits per heavy atom. The van der Waals surface area contributed by atoms with Gasteiger partial charge in [0, 0.05) is 29.1 Å². The Labute approximate surface area is 220 Å². The maximum atomic E-state index is 14.6. The van der Waals surface area contributed by atoms with E-state index < -0.39 is 36.0 Å². The number of nitrogens with zero attached hydrogens (tertiary/aromatic N) is 2. The molecule has 0 amide bonds. The maximum absolute atomic E-state index is 14.6. The Bertz CT molecular complexity index is 1380. The zero-order valence-electron chi connectivity index (χ0n) is 20.8. The fraction of sp³-hybridized carbons (Fsp3) is 0.385. The average molecular weight is 552 g/mol. The third-order valence-electron chi connectivity index (χ3n) is 6.32. The number of halogens is 4. The van der Waals surface area contributed by atoms with Gasteiger partial charge in [0.1, 0.15) is 18.5 Å². The average Bonchev–Trinajstić information content (AvgIpc) is 3.20. The molecule has 3 atom stereocenters. The summed E-state index contributed by atoms with van der Waals surface area (Å²) in [5, 5.41) is 6.71. The van der Waals surface area contributed by atoms with Crippen LogP contribution >= 0.6 is 0 Å². The van der Waals surface area contributed by atoms with Crippen molar-refractivity contribution < 1.29 is 31.1 Å². The van der Waals surface area contributed by atoms with E-state index in [1.54, 1.807) is 24.3 Å². The van der Waals surface area contributed by atoms with Gasteiger partial charge in [-0.1, -0.05) is 12.0 Å². The first-order valence-corrected chi connectivity index (χ1v) is 12.9. The fourth-order valence-corrected chi connectivity index (χ4v) is 4.86. The molecule has 4 rings (SSSR count). The standard InChI is InChI=1S/C26H28F4N4O3S/c1-33-12-10-22(20(27)15-33)32-21-6-3-7-24-19(21)13-17(34(24)16-26(28,29)30)5-4-11-31-23-9-8-18(38(35)36)14-25(23)37-2/h3,6-9,13-14,20,22,31-32H,10-12,15-16H2,1-2H3,(H,35,36)/p-1/t20-,22-/m0/s1. The summed E-state index contributed by atoms with van der Waals surface area (Å²) in [6, 6.07) is 10.4. The van der Waals surface area contributed by atoms with Gasteiger partial charge in [-0.3, -0.25) is 4.21 Å². The molecular weight excluding hydrogens is 524 g/mol. The van der Waals surface area contributed by atoms with Gasteiger partial charge in [0.25, 0.3) is 0 Å². The number of anilines is 2. The summed E-state index contributed by atoms with van der Waals surface area (Å²) < 4.78 is 83.6. The van der Waals surface area contributed by atoms with Crippen LogP contribution in [0, 0.1) is 11.8 Å². The fourth-order valence-electron chi connectivity index (χ4n) is 4.48. The number of piperidine rings is 1. The second-order valence-electron chi connectivity index (χ2n) is 9.04. The first-order chi connectivity index (χ1) is 18.1. The summed E-state index contributed by atoms with van der Waals surface area (Å²) >= 11 is -2.42. The third-order valence-corrected chi connectivity index (χ3v) is 6.96. The Kier molecular flexibility index (Phi) is 8.50. The number of alkyl halides is 4. The molecule has 0 saturated carbocycles. The number of likely N-dealkylation sites (tertiary alicyclic amines) is 1. The number of aromatic nitrogens is 1. The van der Waals surface area contributed by atoms with Gasteiger partial charge in [0.15, 0.2) is 0 Å². The van der Waals surface area contributed by atoms with Gasteiger partial charge in [-0.2, -0.15) is 13.2 Å². The van der Waals surface area contributed by atoms with Crippen LogP contribution in [0.15, 0.2) is 47.4 Å². The number of ether oxygens (including phenoxy) is 1. The molecule has 0 radical (unpaired) electrons. The summed E-state index contributed by atoms with van der Waals surface area (Å²) in [7, 11) is 3.24. The SMILES string of the molecule is COc1cc(S(=O)[O-])ccc1NCC#Cc1cc2c(N[C@H]3CCN(C)C[C@@H]3F)cccc2n1CC(F)(F)F. The summed E-state index contributed by atoms with van der Waals surface area (Å²) in [4.78, 5) is 1.96. The van der Waals surface area contributed by atoms with Crippen LogP contribution in [0.1, 0.15) is 12.1 Å². The Morgan fingerprint density at radius 1 is 1.21 bits per heavy atom. The smallest absolute Gasteiger partial charge is 0.406 e. The Hall–Kier alpha value is -3.27. The Morgan fingerprint density at radius 3 is 2.68 bits per heavy atom. The van der Waals surface area contributed by atoms with Gasteiger partial charge in [0.05, 0.1) is 36.6 Å². The van der Waals surface area contributed by atoms with E-state index in [1.165, 1.54) is 25.3 Å². The minimum absolute atomic E-state index is 0.0545. The number of methoxy groups -OCH3 is 1. The van der Waals surface area contributed by atoms with Crippen molar-refractivity contribution in [3.05, 3.63) is 48.2 Å². The van der Waals surface area contributed by atoms with Crippen molar-refractivity contribution in [2.75, 3.05) is 44.4 Å². The Balaban J connectivity index is 1.60. The topological polar surface area (TPSA) is 81.6 Å². The summed E-state index contributed by atoms with van der Waals surface area (Å²) in [5.41, 5.74) is 1.55. The van der Waals surface area contributed by atoms with Crippen LogP contribution in [0.25, 0.3) is 10.9 Å². The van der Waals surface area contributed by atoms with Crippen LogP contribution in [-0.4, -0.2) is 70.4 Å². The minimum atomic E-state index is -4.47. The molecular formula is C26H27F4N4O3S-. The highest BCUT2D eigenvalue weighted by atomic mass is 32.2. The number of hydrogen-bond acceptors (Lipinski definition) is 6. The van der Waals surface area contributed by atoms with E-state index in [-0.39, 0.29) is 29.4 Å². The number of benzene rings is 2. The minimum Gasteiger partial charge on any atom is -0.768 e. The monoisotopic (exact) mass is 551 g/mol. The van der Waals surface area contributed by atoms with Crippen molar-refractivity contribution in [1.29, 1.82) is 0 Å². The van der Waals surface area contributed by atoms with Crippen molar-refractivity contribution in [2.45, 2.75) is 36.3 Å². The molecule has 0 aliphatic carbocycles. The van der Waals surface area contributed by atoms with Crippen molar-refractivity contribution in [2.24, 2.45) is 0 Å². The van der Waals surface area contributed by atoms with Crippen molar-refractivity contribution >= 4 is 33.4 Å². The quantitative estimate of drug-likeness (QED) is 0.258. The normalized spacial score (nSPS) is 19.0. The van der Waals surface area contributed by atoms with Crippen LogP contribution in [0.2, 0.25) is 0 Å². The number of fused-ring (bicyclic) bond motifs is 1. The number of nitrogens with one attached hydrogen (secondary N) is 2. The lowest BCUT2D eigenvalue weighted by Gasteiger charge is -2.33.